The summed E-state index contributed by atoms with van der Waals surface area (Å²) in [7, 11) is 0. The highest BCUT2D eigenvalue weighted by Crippen LogP contribution is 2.13. The monoisotopic (exact) mass is 286 g/mol. The fraction of sp³-hybridized carbons (Fsp3) is 0.143. The number of hydrogen-bond donors (Lipinski definition) is 0. The van der Waals surface area contributed by atoms with Gasteiger partial charge in [-0.15, -0.1) is 0 Å². The average Bonchev–Trinajstić information content (AvgIpc) is 2.57. The third-order valence-corrected chi connectivity index (χ3v) is 3.69. The summed E-state index contributed by atoms with van der Waals surface area (Å²) < 4.78 is 0. The number of benzene rings is 3. The van der Waals surface area contributed by atoms with E-state index in [1.165, 1.54) is 16.7 Å². The average molecular weight is 286 g/mol. The number of hydrogen-bond acceptors (Lipinski definition) is 1. The first-order valence-corrected chi connectivity index (χ1v) is 7.65. The van der Waals surface area contributed by atoms with E-state index in [0.717, 1.165) is 19.6 Å². The lowest BCUT2D eigenvalue weighted by atomic mass is 10.1. The zero-order valence-electron chi connectivity index (χ0n) is 12.7. The van der Waals surface area contributed by atoms with Crippen LogP contribution in [0.4, 0.5) is 0 Å². The second-order valence-corrected chi connectivity index (χ2v) is 5.52. The van der Waals surface area contributed by atoms with Crippen LogP contribution in [0.15, 0.2) is 84.9 Å². The minimum atomic E-state index is 0.943. The molecule has 0 aromatic heterocycles. The van der Waals surface area contributed by atoms with Gasteiger partial charge in [0, 0.05) is 19.6 Å². The molecule has 0 aliphatic carbocycles. The third-order valence-electron chi connectivity index (χ3n) is 3.69. The highest BCUT2D eigenvalue weighted by molar-refractivity contribution is 5.19. The molecule has 22 heavy (non-hydrogen) atoms. The summed E-state index contributed by atoms with van der Waals surface area (Å²) in [5.74, 6) is 0. The molecule has 3 aromatic rings. The Morgan fingerprint density at radius 2 is 0.955 bits per heavy atom. The fourth-order valence-electron chi connectivity index (χ4n) is 2.64. The second kappa shape index (κ2) is 7.58. The molecule has 0 saturated carbocycles. The van der Waals surface area contributed by atoms with Crippen molar-refractivity contribution in [2.75, 3.05) is 0 Å². The van der Waals surface area contributed by atoms with Gasteiger partial charge >= 0.3 is 0 Å². The minimum Gasteiger partial charge on any atom is -0.291 e. The maximum Gasteiger partial charge on any atom is 0.0240 e. The zero-order valence-corrected chi connectivity index (χ0v) is 12.7. The van der Waals surface area contributed by atoms with E-state index in [-0.39, 0.29) is 0 Å². The van der Waals surface area contributed by atoms with Gasteiger partial charge in [-0.1, -0.05) is 84.9 Å². The molecule has 0 bridgehead atoms. The molecule has 3 aromatic carbocycles. The predicted octanol–water partition coefficient (Wildman–Crippen LogP) is 4.69. The quantitative estimate of drug-likeness (QED) is 0.635. The Kier molecular flexibility index (Phi) is 5.01. The van der Waals surface area contributed by atoms with Crippen molar-refractivity contribution in [2.24, 2.45) is 0 Å². The van der Waals surface area contributed by atoms with E-state index in [4.69, 9.17) is 0 Å². The summed E-state index contributed by atoms with van der Waals surface area (Å²) in [6, 6.07) is 32.7. The minimum absolute atomic E-state index is 0.943. The molecule has 109 valence electrons. The van der Waals surface area contributed by atoms with Crippen molar-refractivity contribution < 1.29 is 0 Å². The summed E-state index contributed by atoms with van der Waals surface area (Å²) in [5, 5.41) is 0. The highest BCUT2D eigenvalue weighted by Gasteiger charge is 2.08. The SMILES string of the molecule is [c]1ccc(CN(Cc2ccccc2)Cc2ccccc2)cc1. The van der Waals surface area contributed by atoms with Crippen LogP contribution in [0, 0.1) is 6.07 Å². The van der Waals surface area contributed by atoms with E-state index in [0.29, 0.717) is 0 Å². The van der Waals surface area contributed by atoms with E-state index < -0.39 is 0 Å². The van der Waals surface area contributed by atoms with Crippen molar-refractivity contribution >= 4 is 0 Å². The molecule has 1 heteroatoms. The smallest absolute Gasteiger partial charge is 0.0240 e. The lowest BCUT2D eigenvalue weighted by Crippen LogP contribution is -2.22. The van der Waals surface area contributed by atoms with Crippen LogP contribution in [0.2, 0.25) is 0 Å². The zero-order chi connectivity index (χ0) is 15.0. The summed E-state index contributed by atoms with van der Waals surface area (Å²) in [5.41, 5.74) is 4.02. The molecule has 1 nitrogen and oxygen atoms in total. The molecule has 0 amide bonds. The van der Waals surface area contributed by atoms with Gasteiger partial charge in [0.25, 0.3) is 0 Å². The van der Waals surface area contributed by atoms with E-state index in [9.17, 15) is 0 Å². The second-order valence-electron chi connectivity index (χ2n) is 5.52. The summed E-state index contributed by atoms with van der Waals surface area (Å²) >= 11 is 0. The van der Waals surface area contributed by atoms with Gasteiger partial charge in [-0.25, -0.2) is 0 Å². The van der Waals surface area contributed by atoms with Gasteiger partial charge in [0.1, 0.15) is 0 Å². The number of rotatable bonds is 6. The summed E-state index contributed by atoms with van der Waals surface area (Å²) in [6.07, 6.45) is 0. The van der Waals surface area contributed by atoms with Crippen LogP contribution in [0.1, 0.15) is 16.7 Å². The summed E-state index contributed by atoms with van der Waals surface area (Å²) in [6.45, 7) is 2.85. The Balaban J connectivity index is 1.75. The van der Waals surface area contributed by atoms with Crippen LogP contribution < -0.4 is 0 Å². The van der Waals surface area contributed by atoms with Gasteiger partial charge in [-0.3, -0.25) is 4.90 Å². The molecule has 0 spiro atoms. The van der Waals surface area contributed by atoms with Crippen LogP contribution in [0.5, 0.6) is 0 Å². The molecule has 0 atom stereocenters. The third kappa shape index (κ3) is 4.31. The molecule has 0 aliphatic heterocycles. The molecule has 0 unspecified atom stereocenters. The first-order chi connectivity index (χ1) is 10.9. The first-order valence-electron chi connectivity index (χ1n) is 7.65. The summed E-state index contributed by atoms with van der Waals surface area (Å²) in [4.78, 5) is 2.47. The van der Waals surface area contributed by atoms with Crippen molar-refractivity contribution in [3.05, 3.63) is 108 Å². The van der Waals surface area contributed by atoms with Gasteiger partial charge < -0.3 is 0 Å². The van der Waals surface area contributed by atoms with Crippen LogP contribution in [0.3, 0.4) is 0 Å². The van der Waals surface area contributed by atoms with E-state index in [1.807, 2.05) is 12.1 Å². The molecular weight excluding hydrogens is 266 g/mol. The van der Waals surface area contributed by atoms with Crippen LogP contribution >= 0.6 is 0 Å². The van der Waals surface area contributed by atoms with Crippen molar-refractivity contribution in [1.82, 2.24) is 4.90 Å². The lowest BCUT2D eigenvalue weighted by Gasteiger charge is -2.23. The standard InChI is InChI=1S/C21H20N/c1-4-10-19(11-5-1)16-22(17-20-12-6-2-7-13-20)18-21-14-8-3-9-15-21/h1-2,4-15H,16-18H2. The normalized spacial score (nSPS) is 10.8. The van der Waals surface area contributed by atoms with Crippen molar-refractivity contribution in [3.63, 3.8) is 0 Å². The van der Waals surface area contributed by atoms with Gasteiger partial charge in [0.2, 0.25) is 0 Å². The molecule has 0 saturated heterocycles. The predicted molar refractivity (Wildman–Crippen MR) is 91.1 cm³/mol. The van der Waals surface area contributed by atoms with E-state index >= 15 is 0 Å². The van der Waals surface area contributed by atoms with Crippen molar-refractivity contribution in [1.29, 1.82) is 0 Å². The molecule has 3 rings (SSSR count). The molecule has 1 radical (unpaired) electrons. The van der Waals surface area contributed by atoms with Crippen LogP contribution in [0.25, 0.3) is 0 Å². The van der Waals surface area contributed by atoms with Gasteiger partial charge in [-0.05, 0) is 22.8 Å². The Morgan fingerprint density at radius 3 is 1.41 bits per heavy atom. The maximum absolute atomic E-state index is 3.09. The van der Waals surface area contributed by atoms with Crippen LogP contribution in [-0.4, -0.2) is 4.90 Å². The van der Waals surface area contributed by atoms with E-state index in [2.05, 4.69) is 83.8 Å². The molecule has 0 heterocycles. The lowest BCUT2D eigenvalue weighted by molar-refractivity contribution is 0.247. The number of nitrogens with zero attached hydrogens (tertiary/aromatic N) is 1. The van der Waals surface area contributed by atoms with Crippen molar-refractivity contribution in [2.45, 2.75) is 19.6 Å². The molecule has 0 N–H and O–H groups in total. The van der Waals surface area contributed by atoms with Crippen molar-refractivity contribution in [3.8, 4) is 0 Å². The largest absolute Gasteiger partial charge is 0.291 e. The Morgan fingerprint density at radius 1 is 0.545 bits per heavy atom. The fourth-order valence-corrected chi connectivity index (χ4v) is 2.64. The molecule has 0 fully saturated rings. The maximum atomic E-state index is 3.09. The Bertz CT molecular complexity index is 563. The van der Waals surface area contributed by atoms with Crippen LogP contribution in [-0.2, 0) is 19.6 Å². The Labute approximate surface area is 132 Å². The Hall–Kier alpha value is -2.38. The molecular formula is C21H20N. The molecule has 0 aliphatic rings. The highest BCUT2D eigenvalue weighted by atomic mass is 15.1. The van der Waals surface area contributed by atoms with E-state index in [1.54, 1.807) is 0 Å². The topological polar surface area (TPSA) is 3.24 Å². The first kappa shape index (κ1) is 14.6. The van der Waals surface area contributed by atoms with Gasteiger partial charge in [0.15, 0.2) is 0 Å². The van der Waals surface area contributed by atoms with Gasteiger partial charge in [-0.2, -0.15) is 0 Å². The van der Waals surface area contributed by atoms with Gasteiger partial charge in [0.05, 0.1) is 0 Å².